The third-order valence-electron chi connectivity index (χ3n) is 1.64. The molecular weight excluding hydrogens is 253 g/mol. The summed E-state index contributed by atoms with van der Waals surface area (Å²) in [6.07, 6.45) is 1.19. The summed E-state index contributed by atoms with van der Waals surface area (Å²) < 4.78 is 0.935. The van der Waals surface area contributed by atoms with E-state index >= 15 is 0 Å². The van der Waals surface area contributed by atoms with Gasteiger partial charge in [0, 0.05) is 9.50 Å². The fourth-order valence-corrected chi connectivity index (χ4v) is 1.60. The lowest BCUT2D eigenvalue weighted by Crippen LogP contribution is -2.24. The van der Waals surface area contributed by atoms with Crippen molar-refractivity contribution in [1.82, 2.24) is 0 Å². The molecule has 0 aliphatic heterocycles. The second-order valence-electron chi connectivity index (χ2n) is 2.74. The van der Waals surface area contributed by atoms with E-state index in [0.29, 0.717) is 11.4 Å². The standard InChI is InChI=1S/C9H9BrClNO/c10-7-1-2-9(11)6(3-7)4-8(12)5-13/h1-3,5,8H,4,12H2/t8-/m1/s1. The first-order valence-electron chi connectivity index (χ1n) is 3.78. The Bertz CT molecular complexity index is 316. The van der Waals surface area contributed by atoms with E-state index in [0.717, 1.165) is 16.3 Å². The Labute approximate surface area is 90.2 Å². The zero-order valence-corrected chi connectivity index (χ0v) is 9.18. The predicted octanol–water partition coefficient (Wildman–Crippen LogP) is 2.17. The van der Waals surface area contributed by atoms with Crippen LogP contribution in [0.15, 0.2) is 22.7 Å². The first kappa shape index (κ1) is 10.7. The Kier molecular flexibility index (Phi) is 3.90. The highest BCUT2D eigenvalue weighted by atomic mass is 79.9. The fraction of sp³-hybridized carbons (Fsp3) is 0.222. The maximum Gasteiger partial charge on any atom is 0.137 e. The third-order valence-corrected chi connectivity index (χ3v) is 2.50. The molecule has 0 aliphatic carbocycles. The number of benzene rings is 1. The van der Waals surface area contributed by atoms with E-state index in [-0.39, 0.29) is 0 Å². The van der Waals surface area contributed by atoms with Crippen LogP contribution in [0.4, 0.5) is 0 Å². The van der Waals surface area contributed by atoms with Gasteiger partial charge >= 0.3 is 0 Å². The Morgan fingerprint density at radius 3 is 2.92 bits per heavy atom. The number of aldehydes is 1. The summed E-state index contributed by atoms with van der Waals surface area (Å²) in [7, 11) is 0. The minimum absolute atomic E-state index is 0.474. The van der Waals surface area contributed by atoms with Crippen LogP contribution < -0.4 is 5.73 Å². The smallest absolute Gasteiger partial charge is 0.137 e. The number of nitrogens with two attached hydrogens (primary N) is 1. The number of halogens is 2. The van der Waals surface area contributed by atoms with E-state index in [9.17, 15) is 4.79 Å². The van der Waals surface area contributed by atoms with Gasteiger partial charge in [0.2, 0.25) is 0 Å². The maximum absolute atomic E-state index is 10.3. The van der Waals surface area contributed by atoms with Crippen molar-refractivity contribution in [2.75, 3.05) is 0 Å². The molecule has 0 saturated carbocycles. The van der Waals surface area contributed by atoms with Crippen LogP contribution in [0.25, 0.3) is 0 Å². The maximum atomic E-state index is 10.3. The summed E-state index contributed by atoms with van der Waals surface area (Å²) in [6.45, 7) is 0. The summed E-state index contributed by atoms with van der Waals surface area (Å²) >= 11 is 9.23. The minimum atomic E-state index is -0.480. The molecule has 0 amide bonds. The molecule has 0 saturated heterocycles. The van der Waals surface area contributed by atoms with Crippen molar-refractivity contribution in [2.45, 2.75) is 12.5 Å². The lowest BCUT2D eigenvalue weighted by molar-refractivity contribution is -0.108. The molecule has 70 valence electrons. The number of rotatable bonds is 3. The zero-order chi connectivity index (χ0) is 9.84. The van der Waals surface area contributed by atoms with Crippen LogP contribution in [-0.2, 0) is 11.2 Å². The third kappa shape index (κ3) is 3.10. The lowest BCUT2D eigenvalue weighted by atomic mass is 10.1. The molecule has 1 aromatic carbocycles. The Balaban J connectivity index is 2.86. The van der Waals surface area contributed by atoms with Gasteiger partial charge < -0.3 is 10.5 Å². The van der Waals surface area contributed by atoms with E-state index in [4.69, 9.17) is 17.3 Å². The largest absolute Gasteiger partial charge is 0.321 e. The van der Waals surface area contributed by atoms with Crippen LogP contribution in [0.5, 0.6) is 0 Å². The molecule has 0 unspecified atom stereocenters. The quantitative estimate of drug-likeness (QED) is 0.849. The van der Waals surface area contributed by atoms with E-state index in [2.05, 4.69) is 15.9 Å². The highest BCUT2D eigenvalue weighted by Crippen LogP contribution is 2.21. The average molecular weight is 263 g/mol. The summed E-state index contributed by atoms with van der Waals surface area (Å²) in [6, 6.07) is 5.01. The number of hydrogen-bond acceptors (Lipinski definition) is 2. The molecule has 1 rings (SSSR count). The van der Waals surface area contributed by atoms with Gasteiger partial charge in [-0.15, -0.1) is 0 Å². The lowest BCUT2D eigenvalue weighted by Gasteiger charge is -2.06. The van der Waals surface area contributed by atoms with Gasteiger partial charge in [0.15, 0.2) is 0 Å². The van der Waals surface area contributed by atoms with Crippen molar-refractivity contribution in [3.05, 3.63) is 33.3 Å². The van der Waals surface area contributed by atoms with Gasteiger partial charge in [0.25, 0.3) is 0 Å². The second-order valence-corrected chi connectivity index (χ2v) is 4.06. The van der Waals surface area contributed by atoms with E-state index < -0.39 is 6.04 Å². The van der Waals surface area contributed by atoms with Gasteiger partial charge in [-0.05, 0) is 30.2 Å². The molecule has 0 heterocycles. The molecule has 0 radical (unpaired) electrons. The van der Waals surface area contributed by atoms with Gasteiger partial charge in [-0.25, -0.2) is 0 Å². The fourth-order valence-electron chi connectivity index (χ4n) is 1.00. The van der Waals surface area contributed by atoms with Crippen LogP contribution in [0.1, 0.15) is 5.56 Å². The van der Waals surface area contributed by atoms with Crippen molar-refractivity contribution < 1.29 is 4.79 Å². The number of carbonyl (C=O) groups excluding carboxylic acids is 1. The molecule has 13 heavy (non-hydrogen) atoms. The monoisotopic (exact) mass is 261 g/mol. The highest BCUT2D eigenvalue weighted by molar-refractivity contribution is 9.10. The molecule has 4 heteroatoms. The number of carbonyl (C=O) groups is 1. The second kappa shape index (κ2) is 4.74. The summed E-state index contributed by atoms with van der Waals surface area (Å²) in [4.78, 5) is 10.3. The van der Waals surface area contributed by atoms with Crippen LogP contribution in [0.3, 0.4) is 0 Å². The van der Waals surface area contributed by atoms with Crippen LogP contribution >= 0.6 is 27.5 Å². The zero-order valence-electron chi connectivity index (χ0n) is 6.84. The normalized spacial score (nSPS) is 12.5. The number of hydrogen-bond donors (Lipinski definition) is 1. The minimum Gasteiger partial charge on any atom is -0.321 e. The first-order chi connectivity index (χ1) is 6.13. The summed E-state index contributed by atoms with van der Waals surface area (Å²) in [5.74, 6) is 0. The molecule has 1 aromatic rings. The van der Waals surface area contributed by atoms with Gasteiger partial charge in [0.1, 0.15) is 6.29 Å². The molecule has 1 atom stereocenters. The Morgan fingerprint density at radius 1 is 1.62 bits per heavy atom. The van der Waals surface area contributed by atoms with Gasteiger partial charge in [0.05, 0.1) is 6.04 Å². The Hall–Kier alpha value is -0.380. The van der Waals surface area contributed by atoms with Crippen LogP contribution in [0, 0.1) is 0 Å². The molecule has 0 aromatic heterocycles. The highest BCUT2D eigenvalue weighted by Gasteiger charge is 2.06. The molecule has 2 N–H and O–H groups in total. The molecule has 2 nitrogen and oxygen atoms in total. The summed E-state index contributed by atoms with van der Waals surface area (Å²) in [5.41, 5.74) is 6.37. The van der Waals surface area contributed by atoms with Gasteiger partial charge in [-0.3, -0.25) is 0 Å². The van der Waals surface area contributed by atoms with E-state index in [1.54, 1.807) is 6.07 Å². The average Bonchev–Trinajstić information content (AvgIpc) is 2.11. The van der Waals surface area contributed by atoms with Crippen molar-refractivity contribution in [3.63, 3.8) is 0 Å². The van der Waals surface area contributed by atoms with Gasteiger partial charge in [-0.1, -0.05) is 27.5 Å². The molecule has 0 aliphatic rings. The van der Waals surface area contributed by atoms with Gasteiger partial charge in [-0.2, -0.15) is 0 Å². The topological polar surface area (TPSA) is 43.1 Å². The predicted molar refractivity (Wildman–Crippen MR) is 56.9 cm³/mol. The molecular formula is C9H9BrClNO. The van der Waals surface area contributed by atoms with Crippen molar-refractivity contribution in [2.24, 2.45) is 5.73 Å². The molecule has 0 spiro atoms. The summed E-state index contributed by atoms with van der Waals surface area (Å²) in [5, 5.41) is 0.639. The first-order valence-corrected chi connectivity index (χ1v) is 4.95. The Morgan fingerprint density at radius 2 is 2.31 bits per heavy atom. The van der Waals surface area contributed by atoms with Crippen LogP contribution in [0.2, 0.25) is 5.02 Å². The van der Waals surface area contributed by atoms with Crippen LogP contribution in [-0.4, -0.2) is 12.3 Å². The van der Waals surface area contributed by atoms with Crippen molar-refractivity contribution in [3.8, 4) is 0 Å². The van der Waals surface area contributed by atoms with E-state index in [1.807, 2.05) is 12.1 Å². The van der Waals surface area contributed by atoms with E-state index in [1.165, 1.54) is 0 Å². The molecule has 0 fully saturated rings. The SMILES string of the molecule is N[C@@H](C=O)Cc1cc(Br)ccc1Cl. The van der Waals surface area contributed by atoms with Crippen molar-refractivity contribution in [1.29, 1.82) is 0 Å². The molecule has 0 bridgehead atoms. The van der Waals surface area contributed by atoms with Crippen molar-refractivity contribution >= 4 is 33.8 Å².